The lowest BCUT2D eigenvalue weighted by atomic mass is 9.86. The Bertz CT molecular complexity index is 836. The van der Waals surface area contributed by atoms with E-state index in [1.807, 2.05) is 48.5 Å². The van der Waals surface area contributed by atoms with Gasteiger partial charge in [-0.1, -0.05) is 106 Å². The fourth-order valence-corrected chi connectivity index (χ4v) is 3.30. The Balaban J connectivity index is 1.75. The molecule has 3 rings (SSSR count). The number of benzene rings is 3. The predicted molar refractivity (Wildman–Crippen MR) is 116 cm³/mol. The first-order chi connectivity index (χ1) is 13.4. The molecular weight excluding hydrogens is 342 g/mol. The second-order valence-electron chi connectivity index (χ2n) is 8.37. The summed E-state index contributed by atoms with van der Waals surface area (Å²) in [7, 11) is 0. The van der Waals surface area contributed by atoms with Crippen LogP contribution in [0.15, 0.2) is 84.9 Å². The van der Waals surface area contributed by atoms with E-state index in [1.54, 1.807) is 0 Å². The van der Waals surface area contributed by atoms with Crippen LogP contribution in [0, 0.1) is 0 Å². The molecule has 0 fully saturated rings. The minimum Gasteiger partial charge on any atom is -0.293 e. The smallest absolute Gasteiger partial charge is 0.176 e. The van der Waals surface area contributed by atoms with E-state index in [4.69, 9.17) is 0 Å². The first-order valence-corrected chi connectivity index (χ1v) is 9.86. The molecule has 2 heteroatoms. The van der Waals surface area contributed by atoms with Crippen LogP contribution in [0.4, 0.5) is 0 Å². The lowest BCUT2D eigenvalue weighted by Crippen LogP contribution is -2.29. The second kappa shape index (κ2) is 8.99. The van der Waals surface area contributed by atoms with E-state index in [0.717, 1.165) is 18.7 Å². The Kier molecular flexibility index (Phi) is 6.43. The SMILES string of the molecule is CC(C)(C)c1ccc(C(=O)CN(Cc2ccccc2)Cc2ccccc2)cc1. The van der Waals surface area contributed by atoms with Crippen LogP contribution in [-0.2, 0) is 18.5 Å². The minimum absolute atomic E-state index is 0.0915. The third kappa shape index (κ3) is 5.64. The van der Waals surface area contributed by atoms with Gasteiger partial charge in [-0.3, -0.25) is 9.69 Å². The monoisotopic (exact) mass is 371 g/mol. The Labute approximate surface area is 168 Å². The van der Waals surface area contributed by atoms with Crippen LogP contribution < -0.4 is 0 Å². The number of Topliss-reactive ketones (excluding diaryl/α,β-unsaturated/α-hetero) is 1. The third-order valence-electron chi connectivity index (χ3n) is 4.94. The fourth-order valence-electron chi connectivity index (χ4n) is 3.30. The highest BCUT2D eigenvalue weighted by molar-refractivity contribution is 5.97. The maximum absolute atomic E-state index is 13.0. The van der Waals surface area contributed by atoms with Gasteiger partial charge < -0.3 is 0 Å². The van der Waals surface area contributed by atoms with Gasteiger partial charge in [-0.2, -0.15) is 0 Å². The summed E-state index contributed by atoms with van der Waals surface area (Å²) in [4.78, 5) is 15.2. The van der Waals surface area contributed by atoms with Crippen molar-refractivity contribution in [3.05, 3.63) is 107 Å². The van der Waals surface area contributed by atoms with E-state index in [0.29, 0.717) is 6.54 Å². The van der Waals surface area contributed by atoms with Crippen molar-refractivity contribution in [2.45, 2.75) is 39.3 Å². The number of rotatable bonds is 7. The van der Waals surface area contributed by atoms with Crippen LogP contribution in [-0.4, -0.2) is 17.2 Å². The summed E-state index contributed by atoms with van der Waals surface area (Å²) in [5.74, 6) is 0.160. The average Bonchev–Trinajstić information content (AvgIpc) is 2.69. The Morgan fingerprint density at radius 1 is 0.714 bits per heavy atom. The summed E-state index contributed by atoms with van der Waals surface area (Å²) in [6.07, 6.45) is 0. The van der Waals surface area contributed by atoms with E-state index >= 15 is 0 Å². The van der Waals surface area contributed by atoms with Crippen molar-refractivity contribution in [1.82, 2.24) is 4.90 Å². The number of hydrogen-bond donors (Lipinski definition) is 0. The van der Waals surface area contributed by atoms with Crippen LogP contribution in [0.5, 0.6) is 0 Å². The maximum Gasteiger partial charge on any atom is 0.176 e. The van der Waals surface area contributed by atoms with Crippen molar-refractivity contribution in [1.29, 1.82) is 0 Å². The van der Waals surface area contributed by atoms with E-state index in [9.17, 15) is 4.79 Å². The molecule has 0 saturated heterocycles. The average molecular weight is 372 g/mol. The van der Waals surface area contributed by atoms with Gasteiger partial charge in [-0.15, -0.1) is 0 Å². The molecular formula is C26H29NO. The first kappa shape index (κ1) is 20.0. The van der Waals surface area contributed by atoms with Crippen molar-refractivity contribution in [3.63, 3.8) is 0 Å². The van der Waals surface area contributed by atoms with Crippen molar-refractivity contribution in [3.8, 4) is 0 Å². The van der Waals surface area contributed by atoms with Crippen molar-refractivity contribution >= 4 is 5.78 Å². The molecule has 0 aliphatic heterocycles. The van der Waals surface area contributed by atoms with Gasteiger partial charge in [0.15, 0.2) is 5.78 Å². The number of carbonyl (C=O) groups excluding carboxylic acids is 1. The number of hydrogen-bond acceptors (Lipinski definition) is 2. The summed E-state index contributed by atoms with van der Waals surface area (Å²) in [5.41, 5.74) is 4.55. The van der Waals surface area contributed by atoms with Crippen LogP contribution in [0.1, 0.15) is 47.8 Å². The first-order valence-electron chi connectivity index (χ1n) is 9.86. The van der Waals surface area contributed by atoms with E-state index < -0.39 is 0 Å². The van der Waals surface area contributed by atoms with Crippen LogP contribution >= 0.6 is 0 Å². The molecule has 2 nitrogen and oxygen atoms in total. The molecule has 0 aliphatic carbocycles. The third-order valence-corrected chi connectivity index (χ3v) is 4.94. The second-order valence-corrected chi connectivity index (χ2v) is 8.37. The molecule has 144 valence electrons. The highest BCUT2D eigenvalue weighted by atomic mass is 16.1. The van der Waals surface area contributed by atoms with Crippen LogP contribution in [0.25, 0.3) is 0 Å². The van der Waals surface area contributed by atoms with Gasteiger partial charge in [-0.05, 0) is 22.1 Å². The molecule has 3 aromatic rings. The predicted octanol–water partition coefficient (Wildman–Crippen LogP) is 5.87. The molecule has 0 atom stereocenters. The molecule has 28 heavy (non-hydrogen) atoms. The number of nitrogens with zero attached hydrogens (tertiary/aromatic N) is 1. The number of ketones is 1. The van der Waals surface area contributed by atoms with Gasteiger partial charge >= 0.3 is 0 Å². The molecule has 0 aromatic heterocycles. The summed E-state index contributed by atoms with van der Waals surface area (Å²) in [6.45, 7) is 8.46. The normalized spacial score (nSPS) is 11.6. The Hall–Kier alpha value is -2.71. The van der Waals surface area contributed by atoms with Gasteiger partial charge in [0.2, 0.25) is 0 Å². The van der Waals surface area contributed by atoms with Gasteiger partial charge in [0.25, 0.3) is 0 Å². The summed E-state index contributed by atoms with van der Waals surface area (Å²) in [5, 5.41) is 0. The van der Waals surface area contributed by atoms with E-state index in [-0.39, 0.29) is 11.2 Å². The Morgan fingerprint density at radius 3 is 1.61 bits per heavy atom. The van der Waals surface area contributed by atoms with Crippen LogP contribution in [0.2, 0.25) is 0 Å². The molecule has 0 unspecified atom stereocenters. The molecule has 3 aromatic carbocycles. The summed E-state index contributed by atoms with van der Waals surface area (Å²) in [6, 6.07) is 28.7. The quantitative estimate of drug-likeness (QED) is 0.484. The van der Waals surface area contributed by atoms with Gasteiger partial charge in [0.1, 0.15) is 0 Å². The molecule has 0 spiro atoms. The molecule has 0 radical (unpaired) electrons. The van der Waals surface area contributed by atoms with Gasteiger partial charge in [-0.25, -0.2) is 0 Å². The minimum atomic E-state index is 0.0915. The zero-order valence-corrected chi connectivity index (χ0v) is 17.1. The molecule has 0 bridgehead atoms. The number of carbonyl (C=O) groups is 1. The Morgan fingerprint density at radius 2 is 1.18 bits per heavy atom. The lowest BCUT2D eigenvalue weighted by Gasteiger charge is -2.22. The highest BCUT2D eigenvalue weighted by Gasteiger charge is 2.16. The van der Waals surface area contributed by atoms with Gasteiger partial charge in [0.05, 0.1) is 6.54 Å². The zero-order chi connectivity index (χ0) is 20.0. The maximum atomic E-state index is 13.0. The zero-order valence-electron chi connectivity index (χ0n) is 17.1. The summed E-state index contributed by atoms with van der Waals surface area (Å²) < 4.78 is 0. The lowest BCUT2D eigenvalue weighted by molar-refractivity contribution is 0.0920. The fraction of sp³-hybridized carbons (Fsp3) is 0.269. The largest absolute Gasteiger partial charge is 0.293 e. The molecule has 0 amide bonds. The van der Waals surface area contributed by atoms with E-state index in [2.05, 4.69) is 62.1 Å². The standard InChI is InChI=1S/C26H29NO/c1-26(2,3)24-16-14-23(15-17-24)25(28)20-27(18-21-10-6-4-7-11-21)19-22-12-8-5-9-13-22/h4-17H,18-20H2,1-3H3. The highest BCUT2D eigenvalue weighted by Crippen LogP contribution is 2.22. The van der Waals surface area contributed by atoms with E-state index in [1.165, 1.54) is 16.7 Å². The summed E-state index contributed by atoms with van der Waals surface area (Å²) >= 11 is 0. The molecule has 0 N–H and O–H groups in total. The molecule has 0 aliphatic rings. The van der Waals surface area contributed by atoms with Gasteiger partial charge in [0, 0.05) is 18.7 Å². The van der Waals surface area contributed by atoms with Crippen molar-refractivity contribution in [2.75, 3.05) is 6.54 Å². The topological polar surface area (TPSA) is 20.3 Å². The molecule has 0 saturated carbocycles. The van der Waals surface area contributed by atoms with Crippen molar-refractivity contribution in [2.24, 2.45) is 0 Å². The van der Waals surface area contributed by atoms with Crippen molar-refractivity contribution < 1.29 is 4.79 Å². The molecule has 0 heterocycles. The van der Waals surface area contributed by atoms with Crippen LogP contribution in [0.3, 0.4) is 0 Å².